The van der Waals surface area contributed by atoms with E-state index < -0.39 is 0 Å². The van der Waals surface area contributed by atoms with Gasteiger partial charge in [0.1, 0.15) is 0 Å². The first-order chi connectivity index (χ1) is 8.69. The van der Waals surface area contributed by atoms with Gasteiger partial charge < -0.3 is 4.90 Å². The molecule has 1 aromatic rings. The van der Waals surface area contributed by atoms with Crippen molar-refractivity contribution < 1.29 is 4.79 Å². The van der Waals surface area contributed by atoms with E-state index in [9.17, 15) is 4.79 Å². The van der Waals surface area contributed by atoms with E-state index in [-0.39, 0.29) is 11.9 Å². The highest BCUT2D eigenvalue weighted by Gasteiger charge is 2.30. The highest BCUT2D eigenvalue weighted by Crippen LogP contribution is 2.32. The molecule has 1 aliphatic rings. The van der Waals surface area contributed by atoms with Gasteiger partial charge in [0.25, 0.3) is 0 Å². The fourth-order valence-corrected chi connectivity index (χ4v) is 3.03. The van der Waals surface area contributed by atoms with Crippen LogP contribution in [0.4, 0.5) is 0 Å². The Balaban J connectivity index is 2.39. The van der Waals surface area contributed by atoms with Crippen LogP contribution in [0.1, 0.15) is 37.3 Å². The monoisotopic (exact) mass is 243 g/mol. The molecule has 0 saturated carbocycles. The van der Waals surface area contributed by atoms with E-state index in [1.165, 1.54) is 17.2 Å². The van der Waals surface area contributed by atoms with Crippen molar-refractivity contribution in [2.75, 3.05) is 6.54 Å². The van der Waals surface area contributed by atoms with Crippen molar-refractivity contribution in [2.24, 2.45) is 0 Å². The lowest BCUT2D eigenvalue weighted by molar-refractivity contribution is -0.128. The van der Waals surface area contributed by atoms with E-state index in [1.807, 2.05) is 4.90 Å². The van der Waals surface area contributed by atoms with E-state index in [1.54, 1.807) is 0 Å². The summed E-state index contributed by atoms with van der Waals surface area (Å²) in [4.78, 5) is 13.9. The average Bonchev–Trinajstić information content (AvgIpc) is 2.54. The first-order valence-corrected chi connectivity index (χ1v) is 6.69. The topological polar surface area (TPSA) is 20.3 Å². The maximum atomic E-state index is 12.0. The normalized spacial score (nSPS) is 23.1. The molecule has 0 unspecified atom stereocenters. The third-order valence-corrected chi connectivity index (χ3v) is 4.05. The molecule has 18 heavy (non-hydrogen) atoms. The zero-order valence-electron chi connectivity index (χ0n) is 11.2. The van der Waals surface area contributed by atoms with Gasteiger partial charge in [0.15, 0.2) is 0 Å². The Labute approximate surface area is 109 Å². The Morgan fingerprint density at radius 3 is 2.89 bits per heavy atom. The number of nitrogens with zero attached hydrogens (tertiary/aromatic N) is 1. The van der Waals surface area contributed by atoms with Crippen LogP contribution in [-0.4, -0.2) is 23.4 Å². The summed E-state index contributed by atoms with van der Waals surface area (Å²) in [6.07, 6.45) is 3.43. The number of fused-ring (bicyclic) bond motifs is 1. The Hall–Kier alpha value is -1.57. The number of hydrogen-bond acceptors (Lipinski definition) is 1. The number of hydrogen-bond donors (Lipinski definition) is 0. The Kier molecular flexibility index (Phi) is 3.85. The number of carbonyl (C=O) groups excluding carboxylic acids is 1. The van der Waals surface area contributed by atoms with Gasteiger partial charge in [-0.2, -0.15) is 0 Å². The van der Waals surface area contributed by atoms with Gasteiger partial charge in [0.2, 0.25) is 5.91 Å². The smallest absolute Gasteiger partial charge is 0.246 e. The molecule has 1 aliphatic heterocycles. The Morgan fingerprint density at radius 2 is 2.22 bits per heavy atom. The second kappa shape index (κ2) is 5.38. The Morgan fingerprint density at radius 1 is 1.50 bits per heavy atom. The van der Waals surface area contributed by atoms with E-state index in [0.29, 0.717) is 5.92 Å². The van der Waals surface area contributed by atoms with Crippen molar-refractivity contribution in [3.8, 4) is 0 Å². The lowest BCUT2D eigenvalue weighted by Crippen LogP contribution is -2.40. The summed E-state index contributed by atoms with van der Waals surface area (Å²) in [6.45, 7) is 8.75. The molecule has 2 atom stereocenters. The Bertz CT molecular complexity index is 452. The van der Waals surface area contributed by atoms with Gasteiger partial charge in [-0.05, 0) is 37.0 Å². The van der Waals surface area contributed by atoms with Gasteiger partial charge in [0, 0.05) is 18.5 Å². The molecule has 2 heteroatoms. The molecule has 96 valence electrons. The van der Waals surface area contributed by atoms with E-state index in [2.05, 4.69) is 44.7 Å². The summed E-state index contributed by atoms with van der Waals surface area (Å²) in [5.41, 5.74) is 2.79. The number of benzene rings is 1. The number of amides is 1. The summed E-state index contributed by atoms with van der Waals surface area (Å²) in [6, 6.07) is 8.82. The second-order valence-corrected chi connectivity index (χ2v) is 4.94. The maximum Gasteiger partial charge on any atom is 0.246 e. The third-order valence-electron chi connectivity index (χ3n) is 4.05. The van der Waals surface area contributed by atoms with Crippen LogP contribution in [0.2, 0.25) is 0 Å². The van der Waals surface area contributed by atoms with Crippen molar-refractivity contribution in [2.45, 2.75) is 38.6 Å². The molecule has 0 saturated heterocycles. The molecule has 0 bridgehead atoms. The third kappa shape index (κ3) is 2.20. The number of carbonyl (C=O) groups is 1. The fourth-order valence-electron chi connectivity index (χ4n) is 3.03. The van der Waals surface area contributed by atoms with Gasteiger partial charge in [-0.3, -0.25) is 4.79 Å². The summed E-state index contributed by atoms with van der Waals surface area (Å²) >= 11 is 0. The van der Waals surface area contributed by atoms with Crippen LogP contribution >= 0.6 is 0 Å². The summed E-state index contributed by atoms with van der Waals surface area (Å²) < 4.78 is 0. The second-order valence-electron chi connectivity index (χ2n) is 4.94. The van der Waals surface area contributed by atoms with Crippen LogP contribution in [0, 0.1) is 0 Å². The van der Waals surface area contributed by atoms with E-state index >= 15 is 0 Å². The zero-order valence-corrected chi connectivity index (χ0v) is 11.2. The lowest BCUT2D eigenvalue weighted by Gasteiger charge is -2.31. The highest BCUT2D eigenvalue weighted by molar-refractivity contribution is 5.87. The van der Waals surface area contributed by atoms with Crippen LogP contribution in [0.25, 0.3) is 0 Å². The minimum Gasteiger partial charge on any atom is -0.336 e. The fraction of sp³-hybridized carbons (Fsp3) is 0.438. The standard InChI is InChI=1S/C16H21NO/c1-4-14-12(3)17(16(18)5-2)11-10-13-8-6-7-9-15(13)14/h5-9,12,14H,2,4,10-11H2,1,3H3/t12-,14+/m0/s1. The summed E-state index contributed by atoms with van der Waals surface area (Å²) in [5, 5.41) is 0. The zero-order chi connectivity index (χ0) is 13.1. The summed E-state index contributed by atoms with van der Waals surface area (Å²) in [5.74, 6) is 0.473. The van der Waals surface area contributed by atoms with Gasteiger partial charge in [0.05, 0.1) is 0 Å². The first-order valence-electron chi connectivity index (χ1n) is 6.69. The van der Waals surface area contributed by atoms with Crippen molar-refractivity contribution in [3.05, 3.63) is 48.0 Å². The van der Waals surface area contributed by atoms with Crippen LogP contribution in [0.5, 0.6) is 0 Å². The quantitative estimate of drug-likeness (QED) is 0.731. The van der Waals surface area contributed by atoms with Crippen molar-refractivity contribution in [1.82, 2.24) is 4.90 Å². The molecule has 2 nitrogen and oxygen atoms in total. The molecular weight excluding hydrogens is 222 g/mol. The first kappa shape index (κ1) is 12.9. The molecule has 1 heterocycles. The van der Waals surface area contributed by atoms with Crippen molar-refractivity contribution in [1.29, 1.82) is 0 Å². The maximum absolute atomic E-state index is 12.0. The highest BCUT2D eigenvalue weighted by atomic mass is 16.2. The minimum absolute atomic E-state index is 0.0498. The van der Waals surface area contributed by atoms with Crippen LogP contribution in [0.3, 0.4) is 0 Å². The molecule has 1 aromatic carbocycles. The lowest BCUT2D eigenvalue weighted by atomic mass is 9.87. The number of rotatable bonds is 2. The molecule has 1 amide bonds. The largest absolute Gasteiger partial charge is 0.336 e. The predicted molar refractivity (Wildman–Crippen MR) is 74.6 cm³/mol. The summed E-state index contributed by atoms with van der Waals surface area (Å²) in [7, 11) is 0. The van der Waals surface area contributed by atoms with Crippen LogP contribution < -0.4 is 0 Å². The van der Waals surface area contributed by atoms with Gasteiger partial charge in [-0.15, -0.1) is 0 Å². The molecule has 0 fully saturated rings. The molecule has 0 N–H and O–H groups in total. The van der Waals surface area contributed by atoms with Crippen molar-refractivity contribution >= 4 is 5.91 Å². The molecule has 0 spiro atoms. The van der Waals surface area contributed by atoms with E-state index in [4.69, 9.17) is 0 Å². The molecule has 0 radical (unpaired) electrons. The van der Waals surface area contributed by atoms with Crippen LogP contribution in [0.15, 0.2) is 36.9 Å². The average molecular weight is 243 g/mol. The SMILES string of the molecule is C=CC(=O)N1CCc2ccccc2[C@H](CC)[C@@H]1C. The van der Waals surface area contributed by atoms with Gasteiger partial charge in [-0.1, -0.05) is 37.8 Å². The minimum atomic E-state index is 0.0498. The molecule has 0 aliphatic carbocycles. The van der Waals surface area contributed by atoms with Crippen LogP contribution in [-0.2, 0) is 11.2 Å². The predicted octanol–water partition coefficient (Wildman–Crippen LogP) is 3.14. The molecular formula is C16H21NO. The van der Waals surface area contributed by atoms with Crippen molar-refractivity contribution in [3.63, 3.8) is 0 Å². The van der Waals surface area contributed by atoms with Gasteiger partial charge in [-0.25, -0.2) is 0 Å². The van der Waals surface area contributed by atoms with Gasteiger partial charge >= 0.3 is 0 Å². The van der Waals surface area contributed by atoms with E-state index in [0.717, 1.165) is 19.4 Å². The molecule has 2 rings (SSSR count). The molecule has 0 aromatic heterocycles.